The largest absolute Gasteiger partial charge is 0.381 e. The molecule has 0 aromatic carbocycles. The van der Waals surface area contributed by atoms with E-state index < -0.39 is 0 Å². The van der Waals surface area contributed by atoms with Gasteiger partial charge >= 0.3 is 0 Å². The summed E-state index contributed by atoms with van der Waals surface area (Å²) in [6.07, 6.45) is 2.04. The topological polar surface area (TPSA) is 56.3 Å². The average Bonchev–Trinajstić information content (AvgIpc) is 2.94. The van der Waals surface area contributed by atoms with Crippen LogP contribution in [0, 0.1) is 0 Å². The second-order valence-corrected chi connectivity index (χ2v) is 5.40. The standard InChI is InChI=1S/C13H20BrN3O2/c1-3-5-15-13-11(14)10(8-18-2)16-12(17-13)9-4-6-19-7-9/h9H,3-8H2,1-2H3,(H,15,16,17). The first-order chi connectivity index (χ1) is 9.26. The number of nitrogens with one attached hydrogen (secondary N) is 1. The van der Waals surface area contributed by atoms with Crippen molar-refractivity contribution in [3.05, 3.63) is 16.0 Å². The van der Waals surface area contributed by atoms with E-state index >= 15 is 0 Å². The summed E-state index contributed by atoms with van der Waals surface area (Å²) in [5.74, 6) is 2.00. The van der Waals surface area contributed by atoms with Crippen LogP contribution in [-0.2, 0) is 16.1 Å². The third-order valence-corrected chi connectivity index (χ3v) is 3.89. The molecule has 1 saturated heterocycles. The van der Waals surface area contributed by atoms with E-state index in [0.29, 0.717) is 19.1 Å². The van der Waals surface area contributed by atoms with Crippen molar-refractivity contribution in [3.8, 4) is 0 Å². The predicted molar refractivity (Wildman–Crippen MR) is 77.4 cm³/mol. The van der Waals surface area contributed by atoms with Gasteiger partial charge in [-0.15, -0.1) is 0 Å². The van der Waals surface area contributed by atoms with Crippen molar-refractivity contribution in [1.82, 2.24) is 9.97 Å². The Morgan fingerprint density at radius 1 is 1.47 bits per heavy atom. The van der Waals surface area contributed by atoms with E-state index in [4.69, 9.17) is 9.47 Å². The summed E-state index contributed by atoms with van der Waals surface area (Å²) >= 11 is 3.56. The van der Waals surface area contributed by atoms with Crippen molar-refractivity contribution in [2.24, 2.45) is 0 Å². The van der Waals surface area contributed by atoms with Gasteiger partial charge in [0.1, 0.15) is 11.6 Å². The molecule has 1 unspecified atom stereocenters. The summed E-state index contributed by atoms with van der Waals surface area (Å²) in [4.78, 5) is 9.24. The molecule has 6 heteroatoms. The van der Waals surface area contributed by atoms with Crippen LogP contribution < -0.4 is 5.32 Å². The number of halogens is 1. The Labute approximate surface area is 122 Å². The quantitative estimate of drug-likeness (QED) is 0.869. The molecule has 5 nitrogen and oxygen atoms in total. The molecular formula is C13H20BrN3O2. The van der Waals surface area contributed by atoms with Gasteiger partial charge in [0, 0.05) is 26.2 Å². The Balaban J connectivity index is 2.29. The molecule has 1 atom stereocenters. The van der Waals surface area contributed by atoms with Crippen molar-refractivity contribution in [2.75, 3.05) is 32.2 Å². The molecule has 0 spiro atoms. The van der Waals surface area contributed by atoms with Crippen LogP contribution >= 0.6 is 15.9 Å². The summed E-state index contributed by atoms with van der Waals surface area (Å²) in [5, 5.41) is 3.33. The van der Waals surface area contributed by atoms with Crippen molar-refractivity contribution >= 4 is 21.7 Å². The summed E-state index contributed by atoms with van der Waals surface area (Å²) in [5.41, 5.74) is 0.887. The lowest BCUT2D eigenvalue weighted by Gasteiger charge is -2.14. The van der Waals surface area contributed by atoms with Crippen molar-refractivity contribution in [2.45, 2.75) is 32.3 Å². The molecule has 0 aliphatic carbocycles. The van der Waals surface area contributed by atoms with Crippen LogP contribution in [0.25, 0.3) is 0 Å². The van der Waals surface area contributed by atoms with Gasteiger partial charge in [-0.1, -0.05) is 6.92 Å². The molecule has 0 amide bonds. The summed E-state index contributed by atoms with van der Waals surface area (Å²) in [6.45, 7) is 5.00. The number of aromatic nitrogens is 2. The van der Waals surface area contributed by atoms with E-state index in [0.717, 1.165) is 47.8 Å². The Bertz CT molecular complexity index is 423. The third kappa shape index (κ3) is 3.64. The minimum atomic E-state index is 0.297. The van der Waals surface area contributed by atoms with E-state index in [9.17, 15) is 0 Å². The van der Waals surface area contributed by atoms with Gasteiger partial charge in [-0.05, 0) is 28.8 Å². The molecule has 1 aromatic rings. The van der Waals surface area contributed by atoms with Crippen LogP contribution in [0.15, 0.2) is 4.47 Å². The lowest BCUT2D eigenvalue weighted by Crippen LogP contribution is -2.12. The fourth-order valence-electron chi connectivity index (χ4n) is 2.03. The predicted octanol–water partition coefficient (Wildman–Crippen LogP) is 2.71. The molecule has 0 saturated carbocycles. The highest BCUT2D eigenvalue weighted by molar-refractivity contribution is 9.10. The third-order valence-electron chi connectivity index (χ3n) is 3.06. The summed E-state index contributed by atoms with van der Waals surface area (Å²) < 4.78 is 11.5. The van der Waals surface area contributed by atoms with Gasteiger partial charge in [-0.25, -0.2) is 9.97 Å². The normalized spacial score (nSPS) is 18.8. The smallest absolute Gasteiger partial charge is 0.144 e. The van der Waals surface area contributed by atoms with E-state index in [1.807, 2.05) is 0 Å². The van der Waals surface area contributed by atoms with Gasteiger partial charge in [0.2, 0.25) is 0 Å². The first-order valence-electron chi connectivity index (χ1n) is 6.63. The molecule has 0 bridgehead atoms. The van der Waals surface area contributed by atoms with Gasteiger partial charge in [0.25, 0.3) is 0 Å². The summed E-state index contributed by atoms with van der Waals surface area (Å²) in [6, 6.07) is 0. The number of methoxy groups -OCH3 is 1. The van der Waals surface area contributed by atoms with Gasteiger partial charge in [0.05, 0.1) is 23.4 Å². The highest BCUT2D eigenvalue weighted by Gasteiger charge is 2.23. The molecule has 19 heavy (non-hydrogen) atoms. The highest BCUT2D eigenvalue weighted by Crippen LogP contribution is 2.29. The minimum absolute atomic E-state index is 0.297. The number of hydrogen-bond donors (Lipinski definition) is 1. The van der Waals surface area contributed by atoms with E-state index in [1.165, 1.54) is 0 Å². The first-order valence-corrected chi connectivity index (χ1v) is 7.42. The monoisotopic (exact) mass is 329 g/mol. The highest BCUT2D eigenvalue weighted by atomic mass is 79.9. The maximum atomic E-state index is 5.42. The number of rotatable bonds is 6. The maximum Gasteiger partial charge on any atom is 0.144 e. The Hall–Kier alpha value is -0.720. The molecule has 0 radical (unpaired) electrons. The number of anilines is 1. The molecule has 1 aromatic heterocycles. The van der Waals surface area contributed by atoms with Gasteiger partial charge < -0.3 is 14.8 Å². The molecule has 2 rings (SSSR count). The van der Waals surface area contributed by atoms with Crippen LogP contribution in [-0.4, -0.2) is 36.8 Å². The SMILES string of the molecule is CCCNc1nc(C2CCOC2)nc(COC)c1Br. The van der Waals surface area contributed by atoms with Gasteiger partial charge in [-0.3, -0.25) is 0 Å². The fraction of sp³-hybridized carbons (Fsp3) is 0.692. The Morgan fingerprint density at radius 2 is 2.32 bits per heavy atom. The average molecular weight is 330 g/mol. The Kier molecular flexibility index (Phi) is 5.54. The zero-order valence-corrected chi connectivity index (χ0v) is 13.0. The molecule has 106 valence electrons. The molecule has 1 aliphatic heterocycles. The minimum Gasteiger partial charge on any atom is -0.381 e. The Morgan fingerprint density at radius 3 is 2.95 bits per heavy atom. The van der Waals surface area contributed by atoms with E-state index in [1.54, 1.807) is 7.11 Å². The molecular weight excluding hydrogens is 310 g/mol. The van der Waals surface area contributed by atoms with E-state index in [-0.39, 0.29) is 0 Å². The first kappa shape index (κ1) is 14.7. The molecule has 2 heterocycles. The number of hydrogen-bond acceptors (Lipinski definition) is 5. The van der Waals surface area contributed by atoms with E-state index in [2.05, 4.69) is 38.1 Å². The van der Waals surface area contributed by atoms with Crippen LogP contribution in [0.2, 0.25) is 0 Å². The fourth-order valence-corrected chi connectivity index (χ4v) is 2.46. The van der Waals surface area contributed by atoms with Crippen LogP contribution in [0.1, 0.15) is 37.2 Å². The van der Waals surface area contributed by atoms with Crippen molar-refractivity contribution in [3.63, 3.8) is 0 Å². The second kappa shape index (κ2) is 7.17. The molecule has 1 N–H and O–H groups in total. The van der Waals surface area contributed by atoms with Crippen molar-refractivity contribution < 1.29 is 9.47 Å². The lowest BCUT2D eigenvalue weighted by molar-refractivity contribution is 0.180. The summed E-state index contributed by atoms with van der Waals surface area (Å²) in [7, 11) is 1.67. The van der Waals surface area contributed by atoms with Crippen LogP contribution in [0.3, 0.4) is 0 Å². The zero-order valence-electron chi connectivity index (χ0n) is 11.4. The van der Waals surface area contributed by atoms with Gasteiger partial charge in [-0.2, -0.15) is 0 Å². The zero-order chi connectivity index (χ0) is 13.7. The number of ether oxygens (including phenoxy) is 2. The van der Waals surface area contributed by atoms with Crippen molar-refractivity contribution in [1.29, 1.82) is 0 Å². The van der Waals surface area contributed by atoms with Gasteiger partial charge in [0.15, 0.2) is 0 Å². The lowest BCUT2D eigenvalue weighted by atomic mass is 10.1. The molecule has 1 fully saturated rings. The maximum absolute atomic E-state index is 5.42. The second-order valence-electron chi connectivity index (χ2n) is 4.61. The molecule has 1 aliphatic rings. The van der Waals surface area contributed by atoms with Crippen LogP contribution in [0.5, 0.6) is 0 Å². The van der Waals surface area contributed by atoms with Crippen LogP contribution in [0.4, 0.5) is 5.82 Å². The number of nitrogens with zero attached hydrogens (tertiary/aromatic N) is 2.